The molecule has 1 atom stereocenters. The van der Waals surface area contributed by atoms with Crippen LogP contribution in [0.25, 0.3) is 0 Å². The van der Waals surface area contributed by atoms with Crippen molar-refractivity contribution in [3.8, 4) is 0 Å². The van der Waals surface area contributed by atoms with Gasteiger partial charge in [0.15, 0.2) is 0 Å². The van der Waals surface area contributed by atoms with Crippen molar-refractivity contribution in [3.63, 3.8) is 0 Å². The molecule has 0 spiro atoms. The number of nitrogens with one attached hydrogen (secondary N) is 2. The molecule has 0 aromatic heterocycles. The van der Waals surface area contributed by atoms with Crippen LogP contribution < -0.4 is 10.0 Å². The lowest BCUT2D eigenvalue weighted by Crippen LogP contribution is -2.55. The van der Waals surface area contributed by atoms with Crippen LogP contribution in [0.15, 0.2) is 53.4 Å². The SMILES string of the molecule is Cc1ccc(S(=O)(=O)NCc2ccc(C(=O)NC(C)C34CC5CC(CC(C5)C3)C4)cc2)cc1. The molecule has 0 aliphatic heterocycles. The van der Waals surface area contributed by atoms with Gasteiger partial charge in [-0.2, -0.15) is 0 Å². The average molecular weight is 467 g/mol. The molecule has 1 amide bonds. The van der Waals surface area contributed by atoms with Gasteiger partial charge < -0.3 is 5.32 Å². The summed E-state index contributed by atoms with van der Waals surface area (Å²) < 4.78 is 27.6. The van der Waals surface area contributed by atoms with Gasteiger partial charge in [-0.15, -0.1) is 0 Å². The summed E-state index contributed by atoms with van der Waals surface area (Å²) in [5.41, 5.74) is 2.73. The summed E-state index contributed by atoms with van der Waals surface area (Å²) in [5.74, 6) is 2.54. The van der Waals surface area contributed by atoms with Gasteiger partial charge in [-0.3, -0.25) is 4.79 Å². The normalized spacial score (nSPS) is 29.1. The number of hydrogen-bond donors (Lipinski definition) is 2. The number of rotatable bonds is 7. The van der Waals surface area contributed by atoms with Gasteiger partial charge in [-0.05, 0) is 105 Å². The fraction of sp³-hybridized carbons (Fsp3) is 0.519. The molecule has 4 saturated carbocycles. The Balaban J connectivity index is 1.19. The molecule has 5 nitrogen and oxygen atoms in total. The van der Waals surface area contributed by atoms with Gasteiger partial charge in [0, 0.05) is 18.2 Å². The molecule has 2 N–H and O–H groups in total. The minimum atomic E-state index is -3.57. The molecule has 33 heavy (non-hydrogen) atoms. The summed E-state index contributed by atoms with van der Waals surface area (Å²) in [6, 6.07) is 14.2. The topological polar surface area (TPSA) is 75.3 Å². The van der Waals surface area contributed by atoms with Crippen molar-refractivity contribution in [1.29, 1.82) is 0 Å². The van der Waals surface area contributed by atoms with E-state index in [2.05, 4.69) is 17.0 Å². The fourth-order valence-corrected chi connectivity index (χ4v) is 7.91. The molecule has 0 saturated heterocycles. The predicted octanol–water partition coefficient (Wildman–Crippen LogP) is 4.81. The van der Waals surface area contributed by atoms with Crippen molar-refractivity contribution in [2.24, 2.45) is 23.2 Å². The Morgan fingerprint density at radius 1 is 0.939 bits per heavy atom. The number of carbonyl (C=O) groups excluding carboxylic acids is 1. The third-order valence-corrected chi connectivity index (χ3v) is 9.78. The van der Waals surface area contributed by atoms with E-state index in [1.807, 2.05) is 19.1 Å². The maximum Gasteiger partial charge on any atom is 0.251 e. The Hall–Kier alpha value is -2.18. The predicted molar refractivity (Wildman–Crippen MR) is 129 cm³/mol. The summed E-state index contributed by atoms with van der Waals surface area (Å²) in [6.07, 6.45) is 7.99. The van der Waals surface area contributed by atoms with Crippen LogP contribution >= 0.6 is 0 Å². The van der Waals surface area contributed by atoms with Crippen molar-refractivity contribution in [1.82, 2.24) is 10.0 Å². The van der Waals surface area contributed by atoms with Gasteiger partial charge in [0.2, 0.25) is 10.0 Å². The lowest BCUT2D eigenvalue weighted by atomic mass is 9.48. The molecule has 4 bridgehead atoms. The molecule has 1 unspecified atom stereocenters. The maximum atomic E-state index is 13.0. The molecule has 176 valence electrons. The summed E-state index contributed by atoms with van der Waals surface area (Å²) >= 11 is 0. The van der Waals surface area contributed by atoms with Crippen LogP contribution in [0.1, 0.15) is 66.9 Å². The molecule has 2 aromatic rings. The zero-order chi connectivity index (χ0) is 23.2. The van der Waals surface area contributed by atoms with Gasteiger partial charge in [-0.1, -0.05) is 29.8 Å². The number of sulfonamides is 1. The largest absolute Gasteiger partial charge is 0.349 e. The Bertz CT molecular complexity index is 1090. The van der Waals surface area contributed by atoms with E-state index in [0.717, 1.165) is 28.9 Å². The van der Waals surface area contributed by atoms with Crippen molar-refractivity contribution in [3.05, 3.63) is 65.2 Å². The van der Waals surface area contributed by atoms with Crippen molar-refractivity contribution in [2.75, 3.05) is 0 Å². The molecule has 0 radical (unpaired) electrons. The minimum Gasteiger partial charge on any atom is -0.349 e. The zero-order valence-corrected chi connectivity index (χ0v) is 20.3. The van der Waals surface area contributed by atoms with Gasteiger partial charge in [0.05, 0.1) is 4.90 Å². The highest BCUT2D eigenvalue weighted by Crippen LogP contribution is 2.61. The smallest absolute Gasteiger partial charge is 0.251 e. The highest BCUT2D eigenvalue weighted by atomic mass is 32.2. The van der Waals surface area contributed by atoms with Gasteiger partial charge in [0.25, 0.3) is 5.91 Å². The van der Waals surface area contributed by atoms with Crippen LogP contribution in [0.2, 0.25) is 0 Å². The summed E-state index contributed by atoms with van der Waals surface area (Å²) in [7, 11) is -3.57. The van der Waals surface area contributed by atoms with Crippen molar-refractivity contribution < 1.29 is 13.2 Å². The first kappa shape index (κ1) is 22.6. The average Bonchev–Trinajstić information content (AvgIpc) is 2.77. The lowest BCUT2D eigenvalue weighted by Gasteiger charge is -2.59. The molecule has 4 aliphatic carbocycles. The quantitative estimate of drug-likeness (QED) is 0.615. The molecular formula is C27H34N2O3S. The second-order valence-electron chi connectivity index (χ2n) is 10.8. The molecule has 6 rings (SSSR count). The van der Waals surface area contributed by atoms with Crippen molar-refractivity contribution >= 4 is 15.9 Å². The van der Waals surface area contributed by atoms with E-state index in [4.69, 9.17) is 0 Å². The molecular weight excluding hydrogens is 432 g/mol. The van der Waals surface area contributed by atoms with Crippen LogP contribution in [-0.2, 0) is 16.6 Å². The summed E-state index contributed by atoms with van der Waals surface area (Å²) in [5, 5.41) is 3.30. The fourth-order valence-electron chi connectivity index (χ4n) is 6.89. The number of amides is 1. The van der Waals surface area contributed by atoms with Crippen LogP contribution in [0.4, 0.5) is 0 Å². The van der Waals surface area contributed by atoms with E-state index in [9.17, 15) is 13.2 Å². The first-order valence-corrected chi connectivity index (χ1v) is 13.7. The number of carbonyl (C=O) groups is 1. The minimum absolute atomic E-state index is 0.0370. The van der Waals surface area contributed by atoms with Crippen LogP contribution in [0.5, 0.6) is 0 Å². The Morgan fingerprint density at radius 3 is 2.03 bits per heavy atom. The van der Waals surface area contributed by atoms with E-state index in [1.165, 1.54) is 38.5 Å². The Kier molecular flexibility index (Phi) is 5.86. The second kappa shape index (κ2) is 8.55. The third kappa shape index (κ3) is 4.60. The number of hydrogen-bond acceptors (Lipinski definition) is 3. The van der Waals surface area contributed by atoms with Gasteiger partial charge >= 0.3 is 0 Å². The van der Waals surface area contributed by atoms with E-state index < -0.39 is 10.0 Å². The van der Waals surface area contributed by atoms with Gasteiger partial charge in [-0.25, -0.2) is 13.1 Å². The number of aryl methyl sites for hydroxylation is 1. The van der Waals surface area contributed by atoms with E-state index >= 15 is 0 Å². The van der Waals surface area contributed by atoms with Crippen molar-refractivity contribution in [2.45, 2.75) is 69.9 Å². The van der Waals surface area contributed by atoms with Crippen LogP contribution in [0.3, 0.4) is 0 Å². The summed E-state index contributed by atoms with van der Waals surface area (Å²) in [6.45, 7) is 4.30. The zero-order valence-electron chi connectivity index (χ0n) is 19.5. The third-order valence-electron chi connectivity index (χ3n) is 8.37. The van der Waals surface area contributed by atoms with Gasteiger partial charge in [0.1, 0.15) is 0 Å². The molecule has 2 aromatic carbocycles. The first-order valence-electron chi connectivity index (χ1n) is 12.2. The molecule has 6 heteroatoms. The molecule has 4 fully saturated rings. The van der Waals surface area contributed by atoms with E-state index in [-0.39, 0.29) is 28.8 Å². The van der Waals surface area contributed by atoms with E-state index in [0.29, 0.717) is 5.56 Å². The number of benzene rings is 2. The maximum absolute atomic E-state index is 13.0. The van der Waals surface area contributed by atoms with Crippen LogP contribution in [0, 0.1) is 30.1 Å². The standard InChI is InChI=1S/C27H34N2O3S/c1-18-3-9-25(10-4-18)33(31,32)28-17-20-5-7-24(8-6-20)26(30)29-19(2)27-14-21-11-22(15-27)13-23(12-21)16-27/h3-10,19,21-23,28H,11-17H2,1-2H3,(H,29,30). The first-order chi connectivity index (χ1) is 15.7. The lowest BCUT2D eigenvalue weighted by molar-refractivity contribution is -0.0688. The Morgan fingerprint density at radius 2 is 1.48 bits per heavy atom. The molecule has 0 heterocycles. The monoisotopic (exact) mass is 466 g/mol. The highest BCUT2D eigenvalue weighted by Gasteiger charge is 2.53. The summed E-state index contributed by atoms with van der Waals surface area (Å²) in [4.78, 5) is 13.2. The molecule has 4 aliphatic rings. The second-order valence-corrected chi connectivity index (χ2v) is 12.6. The highest BCUT2D eigenvalue weighted by molar-refractivity contribution is 7.89. The Labute approximate surface area is 197 Å². The van der Waals surface area contributed by atoms with E-state index in [1.54, 1.807) is 36.4 Å². The van der Waals surface area contributed by atoms with Crippen LogP contribution in [-0.4, -0.2) is 20.4 Å².